The summed E-state index contributed by atoms with van der Waals surface area (Å²) in [6.07, 6.45) is 8.54. The Bertz CT molecular complexity index is 780. The molecule has 26 heavy (non-hydrogen) atoms. The number of carbonyl (C=O) groups is 1. The molecule has 1 fully saturated rings. The van der Waals surface area contributed by atoms with Gasteiger partial charge in [-0.3, -0.25) is 9.69 Å². The van der Waals surface area contributed by atoms with E-state index in [1.807, 2.05) is 19.2 Å². The molecule has 4 rings (SSSR count). The molecule has 0 aromatic carbocycles. The normalized spacial score (nSPS) is 20.6. The van der Waals surface area contributed by atoms with Gasteiger partial charge in [0.25, 0.3) is 5.91 Å². The molecule has 0 saturated carbocycles. The minimum absolute atomic E-state index is 0.0394. The fourth-order valence-corrected chi connectivity index (χ4v) is 3.95. The van der Waals surface area contributed by atoms with Crippen LogP contribution in [0.4, 0.5) is 0 Å². The fourth-order valence-electron chi connectivity index (χ4n) is 3.95. The summed E-state index contributed by atoms with van der Waals surface area (Å²) in [5, 5.41) is 3.10. The number of fused-ring (bicyclic) bond motifs is 1. The van der Waals surface area contributed by atoms with E-state index in [2.05, 4.69) is 20.2 Å². The standard InChI is InChI=1S/C20H26N4O2/c1-14-21-12-16-17(22-14)6-5-7-18(16)23-20(25)19-9-8-15(26-19)13-24-10-3-2-4-11-24/h8-9,12,18H,2-7,10-11,13H2,1H3,(H,23,25). The number of likely N-dealkylation sites (tertiary alicyclic amines) is 1. The summed E-state index contributed by atoms with van der Waals surface area (Å²) in [4.78, 5) is 23.8. The molecule has 0 bridgehead atoms. The minimum atomic E-state index is -0.159. The summed E-state index contributed by atoms with van der Waals surface area (Å²) in [5.41, 5.74) is 2.09. The molecule has 1 saturated heterocycles. The summed E-state index contributed by atoms with van der Waals surface area (Å²) >= 11 is 0. The Kier molecular flexibility index (Phi) is 5.02. The van der Waals surface area contributed by atoms with Crippen LogP contribution in [0.3, 0.4) is 0 Å². The molecule has 2 aromatic heterocycles. The van der Waals surface area contributed by atoms with Crippen LogP contribution < -0.4 is 5.32 Å². The largest absolute Gasteiger partial charge is 0.455 e. The highest BCUT2D eigenvalue weighted by Crippen LogP contribution is 2.28. The Balaban J connectivity index is 1.41. The van der Waals surface area contributed by atoms with E-state index in [9.17, 15) is 4.79 Å². The SMILES string of the molecule is Cc1ncc2c(n1)CCCC2NC(=O)c1ccc(CN2CCCCC2)o1. The van der Waals surface area contributed by atoms with Crippen molar-refractivity contribution in [1.29, 1.82) is 0 Å². The predicted molar refractivity (Wildman–Crippen MR) is 97.8 cm³/mol. The first-order chi connectivity index (χ1) is 12.7. The average molecular weight is 354 g/mol. The molecule has 1 unspecified atom stereocenters. The molecule has 2 aliphatic rings. The van der Waals surface area contributed by atoms with Crippen LogP contribution in [0.2, 0.25) is 0 Å². The molecule has 1 amide bonds. The van der Waals surface area contributed by atoms with Gasteiger partial charge in [-0.2, -0.15) is 0 Å². The maximum absolute atomic E-state index is 12.6. The van der Waals surface area contributed by atoms with Crippen molar-refractivity contribution in [3.05, 3.63) is 46.9 Å². The number of nitrogens with zero attached hydrogens (tertiary/aromatic N) is 3. The molecule has 6 nitrogen and oxygen atoms in total. The third kappa shape index (κ3) is 3.80. The van der Waals surface area contributed by atoms with Crippen molar-refractivity contribution in [1.82, 2.24) is 20.2 Å². The first-order valence-corrected chi connectivity index (χ1v) is 9.63. The van der Waals surface area contributed by atoms with Crippen molar-refractivity contribution in [3.8, 4) is 0 Å². The van der Waals surface area contributed by atoms with Crippen molar-refractivity contribution in [2.75, 3.05) is 13.1 Å². The Hall–Kier alpha value is -2.21. The molecule has 3 heterocycles. The summed E-state index contributed by atoms with van der Waals surface area (Å²) < 4.78 is 5.81. The van der Waals surface area contributed by atoms with Gasteiger partial charge in [-0.25, -0.2) is 9.97 Å². The molecule has 0 radical (unpaired) electrons. The number of carbonyl (C=O) groups excluding carboxylic acids is 1. The Labute approximate surface area is 154 Å². The van der Waals surface area contributed by atoms with Gasteiger partial charge in [0.05, 0.1) is 12.6 Å². The van der Waals surface area contributed by atoms with Crippen LogP contribution in [0.1, 0.15) is 71.5 Å². The van der Waals surface area contributed by atoms with E-state index < -0.39 is 0 Å². The van der Waals surface area contributed by atoms with Gasteiger partial charge in [-0.05, 0) is 64.3 Å². The summed E-state index contributed by atoms with van der Waals surface area (Å²) in [5.74, 6) is 1.87. The molecule has 1 aliphatic heterocycles. The first kappa shape index (κ1) is 17.2. The van der Waals surface area contributed by atoms with Gasteiger partial charge in [0, 0.05) is 17.5 Å². The number of nitrogens with one attached hydrogen (secondary N) is 1. The van der Waals surface area contributed by atoms with Crippen LogP contribution >= 0.6 is 0 Å². The maximum Gasteiger partial charge on any atom is 0.287 e. The van der Waals surface area contributed by atoms with Gasteiger partial charge < -0.3 is 9.73 Å². The second-order valence-corrected chi connectivity index (χ2v) is 7.34. The molecular weight excluding hydrogens is 328 g/mol. The summed E-state index contributed by atoms with van der Waals surface area (Å²) in [7, 11) is 0. The number of hydrogen-bond acceptors (Lipinski definition) is 5. The van der Waals surface area contributed by atoms with Crippen molar-refractivity contribution in [3.63, 3.8) is 0 Å². The summed E-state index contributed by atoms with van der Waals surface area (Å²) in [6.45, 7) is 4.91. The highest BCUT2D eigenvalue weighted by Gasteiger charge is 2.25. The third-order valence-electron chi connectivity index (χ3n) is 5.32. The van der Waals surface area contributed by atoms with Crippen LogP contribution in [0.15, 0.2) is 22.7 Å². The number of amides is 1. The highest BCUT2D eigenvalue weighted by molar-refractivity contribution is 5.91. The summed E-state index contributed by atoms with van der Waals surface area (Å²) in [6, 6.07) is 3.66. The number of hydrogen-bond donors (Lipinski definition) is 1. The van der Waals surface area contributed by atoms with Gasteiger partial charge in [0.2, 0.25) is 0 Å². The molecular formula is C20H26N4O2. The van der Waals surface area contributed by atoms with Gasteiger partial charge in [0.15, 0.2) is 5.76 Å². The highest BCUT2D eigenvalue weighted by atomic mass is 16.4. The lowest BCUT2D eigenvalue weighted by atomic mass is 9.92. The number of rotatable bonds is 4. The van der Waals surface area contributed by atoms with Crippen molar-refractivity contribution >= 4 is 5.91 Å². The molecule has 1 aliphatic carbocycles. The van der Waals surface area contributed by atoms with Crippen molar-refractivity contribution in [2.24, 2.45) is 0 Å². The maximum atomic E-state index is 12.6. The van der Waals surface area contributed by atoms with E-state index in [1.165, 1.54) is 19.3 Å². The van der Waals surface area contributed by atoms with Gasteiger partial charge in [-0.1, -0.05) is 6.42 Å². The number of piperidine rings is 1. The predicted octanol–water partition coefficient (Wildman–Crippen LogP) is 3.17. The van der Waals surface area contributed by atoms with E-state index >= 15 is 0 Å². The van der Waals surface area contributed by atoms with Crippen LogP contribution in [0.25, 0.3) is 0 Å². The second-order valence-electron chi connectivity index (χ2n) is 7.34. The quantitative estimate of drug-likeness (QED) is 0.913. The molecule has 1 atom stereocenters. The zero-order chi connectivity index (χ0) is 17.9. The first-order valence-electron chi connectivity index (χ1n) is 9.63. The fraction of sp³-hybridized carbons (Fsp3) is 0.550. The van der Waals surface area contributed by atoms with Crippen LogP contribution in [0, 0.1) is 6.92 Å². The Morgan fingerprint density at radius 3 is 2.96 bits per heavy atom. The van der Waals surface area contributed by atoms with Gasteiger partial charge in [-0.15, -0.1) is 0 Å². The van der Waals surface area contributed by atoms with Crippen molar-refractivity contribution < 1.29 is 9.21 Å². The average Bonchev–Trinajstić information content (AvgIpc) is 3.11. The van der Waals surface area contributed by atoms with E-state index in [4.69, 9.17) is 4.42 Å². The lowest BCUT2D eigenvalue weighted by Crippen LogP contribution is -2.31. The Morgan fingerprint density at radius 1 is 1.27 bits per heavy atom. The number of furan rings is 1. The lowest BCUT2D eigenvalue weighted by molar-refractivity contribution is 0.0899. The smallest absolute Gasteiger partial charge is 0.287 e. The number of aromatic nitrogens is 2. The topological polar surface area (TPSA) is 71.3 Å². The molecule has 6 heteroatoms. The van der Waals surface area contributed by atoms with Gasteiger partial charge in [0.1, 0.15) is 11.6 Å². The van der Waals surface area contributed by atoms with E-state index in [-0.39, 0.29) is 11.9 Å². The van der Waals surface area contributed by atoms with E-state index in [0.717, 1.165) is 61.7 Å². The van der Waals surface area contributed by atoms with E-state index in [0.29, 0.717) is 5.76 Å². The van der Waals surface area contributed by atoms with Gasteiger partial charge >= 0.3 is 0 Å². The molecule has 138 valence electrons. The van der Waals surface area contributed by atoms with Crippen LogP contribution in [0.5, 0.6) is 0 Å². The molecule has 2 aromatic rings. The minimum Gasteiger partial charge on any atom is -0.455 e. The monoisotopic (exact) mass is 354 g/mol. The molecule has 1 N–H and O–H groups in total. The zero-order valence-electron chi connectivity index (χ0n) is 15.3. The Morgan fingerprint density at radius 2 is 2.12 bits per heavy atom. The molecule has 0 spiro atoms. The van der Waals surface area contributed by atoms with Crippen LogP contribution in [-0.4, -0.2) is 33.9 Å². The van der Waals surface area contributed by atoms with Crippen LogP contribution in [-0.2, 0) is 13.0 Å². The lowest BCUT2D eigenvalue weighted by Gasteiger charge is -2.25. The van der Waals surface area contributed by atoms with Crippen molar-refractivity contribution in [2.45, 2.75) is 58.0 Å². The second kappa shape index (κ2) is 7.58. The third-order valence-corrected chi connectivity index (χ3v) is 5.32. The number of aryl methyl sites for hydroxylation is 2. The zero-order valence-corrected chi connectivity index (χ0v) is 15.3. The van der Waals surface area contributed by atoms with E-state index in [1.54, 1.807) is 6.07 Å².